The van der Waals surface area contributed by atoms with E-state index in [0.29, 0.717) is 18.7 Å². The summed E-state index contributed by atoms with van der Waals surface area (Å²) in [6, 6.07) is 11.9. The quantitative estimate of drug-likeness (QED) is 0.467. The number of nitrogens with one attached hydrogen (secondary N) is 2. The van der Waals surface area contributed by atoms with Crippen LogP contribution in [0, 0.1) is 15.9 Å². The number of rotatable bonds is 7. The molecule has 23 heavy (non-hydrogen) atoms. The summed E-state index contributed by atoms with van der Waals surface area (Å²) in [5.41, 5.74) is 1.37. The SMILES string of the molecule is O=C(Cc1cccc(F)c1)NCCNc1ccc([N+](=O)[O-])cc1. The number of nitrogens with zero attached hydrogens (tertiary/aromatic N) is 1. The number of hydrogen-bond donors (Lipinski definition) is 2. The van der Waals surface area contributed by atoms with Crippen LogP contribution >= 0.6 is 0 Å². The molecule has 0 saturated carbocycles. The lowest BCUT2D eigenvalue weighted by molar-refractivity contribution is -0.384. The van der Waals surface area contributed by atoms with Crippen LogP contribution < -0.4 is 10.6 Å². The zero-order chi connectivity index (χ0) is 16.7. The van der Waals surface area contributed by atoms with Gasteiger partial charge in [0.1, 0.15) is 5.82 Å². The molecule has 0 aromatic heterocycles. The predicted molar refractivity (Wildman–Crippen MR) is 84.7 cm³/mol. The lowest BCUT2D eigenvalue weighted by Crippen LogP contribution is -2.30. The van der Waals surface area contributed by atoms with E-state index >= 15 is 0 Å². The minimum atomic E-state index is -0.462. The Balaban J connectivity index is 1.70. The Morgan fingerprint density at radius 3 is 2.52 bits per heavy atom. The molecule has 2 aromatic carbocycles. The first-order valence-corrected chi connectivity index (χ1v) is 7.04. The highest BCUT2D eigenvalue weighted by Crippen LogP contribution is 2.14. The number of amides is 1. The molecule has 6 nitrogen and oxygen atoms in total. The summed E-state index contributed by atoms with van der Waals surface area (Å²) >= 11 is 0. The van der Waals surface area contributed by atoms with E-state index < -0.39 is 4.92 Å². The number of anilines is 1. The van der Waals surface area contributed by atoms with Gasteiger partial charge in [-0.1, -0.05) is 12.1 Å². The second kappa shape index (κ2) is 7.88. The van der Waals surface area contributed by atoms with Gasteiger partial charge >= 0.3 is 0 Å². The van der Waals surface area contributed by atoms with Crippen molar-refractivity contribution in [3.63, 3.8) is 0 Å². The van der Waals surface area contributed by atoms with Gasteiger partial charge in [-0.15, -0.1) is 0 Å². The van der Waals surface area contributed by atoms with Crippen molar-refractivity contribution in [2.24, 2.45) is 0 Å². The maximum absolute atomic E-state index is 13.0. The maximum atomic E-state index is 13.0. The molecule has 120 valence electrons. The summed E-state index contributed by atoms with van der Waals surface area (Å²) in [7, 11) is 0. The molecule has 0 aliphatic heterocycles. The largest absolute Gasteiger partial charge is 0.383 e. The van der Waals surface area contributed by atoms with Gasteiger partial charge in [0, 0.05) is 30.9 Å². The average molecular weight is 317 g/mol. The molecule has 0 unspecified atom stereocenters. The van der Waals surface area contributed by atoms with Crippen LogP contribution in [0.2, 0.25) is 0 Å². The van der Waals surface area contributed by atoms with Crippen molar-refractivity contribution in [1.82, 2.24) is 5.32 Å². The number of non-ortho nitro benzene ring substituents is 1. The molecule has 0 bridgehead atoms. The number of carbonyl (C=O) groups is 1. The molecular weight excluding hydrogens is 301 g/mol. The lowest BCUT2D eigenvalue weighted by Gasteiger charge is -2.08. The third-order valence-corrected chi connectivity index (χ3v) is 3.11. The van der Waals surface area contributed by atoms with Crippen molar-refractivity contribution in [3.05, 3.63) is 70.0 Å². The van der Waals surface area contributed by atoms with Crippen molar-refractivity contribution in [2.45, 2.75) is 6.42 Å². The van der Waals surface area contributed by atoms with E-state index in [4.69, 9.17) is 0 Å². The summed E-state index contributed by atoms with van der Waals surface area (Å²) in [4.78, 5) is 21.8. The van der Waals surface area contributed by atoms with E-state index in [-0.39, 0.29) is 23.8 Å². The van der Waals surface area contributed by atoms with Crippen molar-refractivity contribution in [2.75, 3.05) is 18.4 Å². The van der Waals surface area contributed by atoms with Crippen LogP contribution in [0.4, 0.5) is 15.8 Å². The van der Waals surface area contributed by atoms with Crippen LogP contribution in [0.5, 0.6) is 0 Å². The first-order valence-electron chi connectivity index (χ1n) is 7.04. The van der Waals surface area contributed by atoms with E-state index in [1.165, 1.54) is 24.3 Å². The molecule has 0 spiro atoms. The Morgan fingerprint density at radius 2 is 1.87 bits per heavy atom. The van der Waals surface area contributed by atoms with Gasteiger partial charge in [0.05, 0.1) is 11.3 Å². The normalized spacial score (nSPS) is 10.1. The average Bonchev–Trinajstić information content (AvgIpc) is 2.52. The van der Waals surface area contributed by atoms with Crippen molar-refractivity contribution >= 4 is 17.3 Å². The molecule has 0 aliphatic rings. The van der Waals surface area contributed by atoms with Crippen LogP contribution in [0.15, 0.2) is 48.5 Å². The second-order valence-corrected chi connectivity index (χ2v) is 4.89. The van der Waals surface area contributed by atoms with Crippen LogP contribution in [-0.4, -0.2) is 23.9 Å². The van der Waals surface area contributed by atoms with Gasteiger partial charge in [-0.2, -0.15) is 0 Å². The van der Waals surface area contributed by atoms with Crippen molar-refractivity contribution < 1.29 is 14.1 Å². The van der Waals surface area contributed by atoms with Gasteiger partial charge in [-0.05, 0) is 29.8 Å². The minimum Gasteiger partial charge on any atom is -0.383 e. The van der Waals surface area contributed by atoms with Crippen LogP contribution in [0.1, 0.15) is 5.56 Å². The highest BCUT2D eigenvalue weighted by Gasteiger charge is 2.05. The molecule has 0 atom stereocenters. The van der Waals surface area contributed by atoms with Gasteiger partial charge in [0.25, 0.3) is 5.69 Å². The number of halogens is 1. The third-order valence-electron chi connectivity index (χ3n) is 3.11. The number of nitro benzene ring substituents is 1. The summed E-state index contributed by atoms with van der Waals surface area (Å²) in [6.07, 6.45) is 0.120. The van der Waals surface area contributed by atoms with E-state index in [0.717, 1.165) is 5.69 Å². The molecule has 2 rings (SSSR count). The molecule has 2 aromatic rings. The zero-order valence-corrected chi connectivity index (χ0v) is 12.3. The topological polar surface area (TPSA) is 84.3 Å². The molecule has 0 aliphatic carbocycles. The van der Waals surface area contributed by atoms with Crippen LogP contribution in [0.3, 0.4) is 0 Å². The molecule has 1 amide bonds. The van der Waals surface area contributed by atoms with E-state index in [9.17, 15) is 19.3 Å². The summed E-state index contributed by atoms with van der Waals surface area (Å²) < 4.78 is 13.0. The van der Waals surface area contributed by atoms with Gasteiger partial charge in [0.2, 0.25) is 5.91 Å². The fourth-order valence-corrected chi connectivity index (χ4v) is 2.00. The molecule has 7 heteroatoms. The van der Waals surface area contributed by atoms with E-state index in [2.05, 4.69) is 10.6 Å². The Bertz CT molecular complexity index is 689. The Labute approximate surface area is 132 Å². The standard InChI is InChI=1S/C16H16FN3O3/c17-13-3-1-2-12(10-13)11-16(21)19-9-8-18-14-4-6-15(7-5-14)20(22)23/h1-7,10,18H,8-9,11H2,(H,19,21). The minimum absolute atomic E-state index is 0.0268. The first kappa shape index (κ1) is 16.4. The maximum Gasteiger partial charge on any atom is 0.269 e. The van der Waals surface area contributed by atoms with Gasteiger partial charge in [-0.25, -0.2) is 4.39 Å². The number of nitro groups is 1. The predicted octanol–water partition coefficient (Wildman–Crippen LogP) is 2.50. The summed E-state index contributed by atoms with van der Waals surface area (Å²) in [5, 5.41) is 16.3. The second-order valence-electron chi connectivity index (χ2n) is 4.89. The molecule has 0 saturated heterocycles. The van der Waals surface area contributed by atoms with Gasteiger partial charge in [-0.3, -0.25) is 14.9 Å². The number of hydrogen-bond acceptors (Lipinski definition) is 4. The molecular formula is C16H16FN3O3. The lowest BCUT2D eigenvalue weighted by atomic mass is 10.1. The van der Waals surface area contributed by atoms with Crippen LogP contribution in [0.25, 0.3) is 0 Å². The van der Waals surface area contributed by atoms with E-state index in [1.54, 1.807) is 24.3 Å². The van der Waals surface area contributed by atoms with Gasteiger partial charge in [0.15, 0.2) is 0 Å². The molecule has 2 N–H and O–H groups in total. The van der Waals surface area contributed by atoms with Crippen molar-refractivity contribution in [3.8, 4) is 0 Å². The number of benzene rings is 2. The third kappa shape index (κ3) is 5.39. The fourth-order valence-electron chi connectivity index (χ4n) is 2.00. The van der Waals surface area contributed by atoms with Crippen LogP contribution in [-0.2, 0) is 11.2 Å². The summed E-state index contributed by atoms with van der Waals surface area (Å²) in [6.45, 7) is 0.873. The Kier molecular flexibility index (Phi) is 5.62. The highest BCUT2D eigenvalue weighted by atomic mass is 19.1. The first-order chi connectivity index (χ1) is 11.0. The fraction of sp³-hybridized carbons (Fsp3) is 0.188. The molecule has 0 radical (unpaired) electrons. The van der Waals surface area contributed by atoms with E-state index in [1.807, 2.05) is 0 Å². The Morgan fingerprint density at radius 1 is 1.13 bits per heavy atom. The zero-order valence-electron chi connectivity index (χ0n) is 12.3. The molecule has 0 fully saturated rings. The monoisotopic (exact) mass is 317 g/mol. The summed E-state index contributed by atoms with van der Waals surface area (Å²) in [5.74, 6) is -0.559. The highest BCUT2D eigenvalue weighted by molar-refractivity contribution is 5.78. The van der Waals surface area contributed by atoms with Crippen molar-refractivity contribution in [1.29, 1.82) is 0 Å². The van der Waals surface area contributed by atoms with Gasteiger partial charge < -0.3 is 10.6 Å². The smallest absolute Gasteiger partial charge is 0.269 e. The number of carbonyl (C=O) groups excluding carboxylic acids is 1. The molecule has 0 heterocycles. The Hall–Kier alpha value is -2.96.